The highest BCUT2D eigenvalue weighted by molar-refractivity contribution is 7.98. The highest BCUT2D eigenvalue weighted by atomic mass is 35.5. The third kappa shape index (κ3) is 4.94. The molecule has 8 heteroatoms. The molecule has 138 valence electrons. The number of hydrogen-bond donors (Lipinski definition) is 0. The Bertz CT molecular complexity index is 1070. The maximum atomic E-state index is 13.8. The summed E-state index contributed by atoms with van der Waals surface area (Å²) in [5, 5.41) is 0.732. The van der Waals surface area contributed by atoms with Gasteiger partial charge in [0.05, 0.1) is 21.2 Å². The van der Waals surface area contributed by atoms with Crippen molar-refractivity contribution in [1.82, 2.24) is 9.97 Å². The number of halogens is 1. The van der Waals surface area contributed by atoms with Crippen molar-refractivity contribution in [3.63, 3.8) is 0 Å². The molecule has 3 rings (SSSR count). The molecule has 0 saturated carbocycles. The van der Waals surface area contributed by atoms with E-state index in [1.807, 2.05) is 12.3 Å². The van der Waals surface area contributed by atoms with Crippen molar-refractivity contribution in [3.05, 3.63) is 83.1 Å². The molecule has 2 aromatic carbocycles. The summed E-state index contributed by atoms with van der Waals surface area (Å²) in [4.78, 5) is 21.5. The van der Waals surface area contributed by atoms with E-state index in [2.05, 4.69) is 14.3 Å². The Labute approximate surface area is 167 Å². The Balaban J connectivity index is 2.09. The molecule has 0 saturated heterocycles. The van der Waals surface area contributed by atoms with Crippen LogP contribution in [0.2, 0.25) is 5.15 Å². The van der Waals surface area contributed by atoms with Gasteiger partial charge in [-0.15, -0.1) is 0 Å². The van der Waals surface area contributed by atoms with Gasteiger partial charge < -0.3 is 0 Å². The molecule has 0 aliphatic rings. The van der Waals surface area contributed by atoms with Gasteiger partial charge in [0.15, 0.2) is 5.16 Å². The van der Waals surface area contributed by atoms with Crippen molar-refractivity contribution in [2.24, 2.45) is 4.36 Å². The van der Waals surface area contributed by atoms with Crippen LogP contribution >= 0.6 is 23.4 Å². The Morgan fingerprint density at radius 2 is 1.70 bits per heavy atom. The van der Waals surface area contributed by atoms with Gasteiger partial charge in [-0.2, -0.15) is 4.36 Å². The molecule has 0 aliphatic heterocycles. The second-order valence-corrected chi connectivity index (χ2v) is 8.91. The SMILES string of the molecule is CSc1nc(Cl)cc(CS(=O)(=NC(=O)c2ccccc2)c2ccccc2)n1. The molecule has 0 fully saturated rings. The van der Waals surface area contributed by atoms with E-state index >= 15 is 0 Å². The largest absolute Gasteiger partial charge is 0.285 e. The molecule has 0 radical (unpaired) electrons. The fourth-order valence-electron chi connectivity index (χ4n) is 2.38. The fourth-order valence-corrected chi connectivity index (χ4v) is 4.87. The lowest BCUT2D eigenvalue weighted by atomic mass is 10.2. The quantitative estimate of drug-likeness (QED) is 0.341. The third-order valence-corrected chi connectivity index (χ3v) is 6.51. The summed E-state index contributed by atoms with van der Waals surface area (Å²) in [6.07, 6.45) is 1.83. The van der Waals surface area contributed by atoms with Crippen LogP contribution in [0.1, 0.15) is 16.1 Å². The average molecular weight is 418 g/mol. The second-order valence-electron chi connectivity index (χ2n) is 5.53. The summed E-state index contributed by atoms with van der Waals surface area (Å²) in [5.41, 5.74) is 0.851. The van der Waals surface area contributed by atoms with E-state index < -0.39 is 15.6 Å². The molecule has 1 aromatic heterocycles. The van der Waals surface area contributed by atoms with Crippen LogP contribution in [0.15, 0.2) is 81.1 Å². The molecular weight excluding hydrogens is 402 g/mol. The summed E-state index contributed by atoms with van der Waals surface area (Å²) in [5.74, 6) is -0.569. The summed E-state index contributed by atoms with van der Waals surface area (Å²) >= 11 is 7.38. The lowest BCUT2D eigenvalue weighted by Gasteiger charge is -2.11. The Morgan fingerprint density at radius 1 is 1.07 bits per heavy atom. The van der Waals surface area contributed by atoms with Gasteiger partial charge in [0.2, 0.25) is 0 Å². The highest BCUT2D eigenvalue weighted by Crippen LogP contribution is 2.22. The molecule has 0 spiro atoms. The predicted octanol–water partition coefficient (Wildman–Crippen LogP) is 4.72. The molecular formula is C19H16ClN3O2S2. The maximum Gasteiger partial charge on any atom is 0.285 e. The van der Waals surface area contributed by atoms with Crippen LogP contribution in [0.25, 0.3) is 0 Å². The van der Waals surface area contributed by atoms with Crippen molar-refractivity contribution in [1.29, 1.82) is 0 Å². The van der Waals surface area contributed by atoms with E-state index in [0.29, 0.717) is 21.3 Å². The molecule has 0 bridgehead atoms. The zero-order valence-electron chi connectivity index (χ0n) is 14.4. The van der Waals surface area contributed by atoms with Gasteiger partial charge in [-0.25, -0.2) is 14.2 Å². The zero-order chi connectivity index (χ0) is 19.3. The number of carbonyl (C=O) groups excluding carboxylic acids is 1. The van der Waals surface area contributed by atoms with Gasteiger partial charge >= 0.3 is 0 Å². The number of aromatic nitrogens is 2. The van der Waals surface area contributed by atoms with Crippen LogP contribution in [-0.4, -0.2) is 26.3 Å². The van der Waals surface area contributed by atoms with E-state index in [1.165, 1.54) is 11.8 Å². The van der Waals surface area contributed by atoms with Crippen LogP contribution in [-0.2, 0) is 15.5 Å². The van der Waals surface area contributed by atoms with Crippen molar-refractivity contribution in [2.75, 3.05) is 6.26 Å². The van der Waals surface area contributed by atoms with Gasteiger partial charge in [0, 0.05) is 10.5 Å². The monoisotopic (exact) mass is 417 g/mol. The minimum Gasteiger partial charge on any atom is -0.266 e. The maximum absolute atomic E-state index is 13.8. The molecule has 1 heterocycles. The van der Waals surface area contributed by atoms with Gasteiger partial charge in [0.1, 0.15) is 5.15 Å². The number of carbonyl (C=O) groups is 1. The average Bonchev–Trinajstić information content (AvgIpc) is 2.68. The van der Waals surface area contributed by atoms with Gasteiger partial charge in [-0.05, 0) is 36.6 Å². The normalized spacial score (nSPS) is 13.0. The number of hydrogen-bond acceptors (Lipinski definition) is 5. The Kier molecular flexibility index (Phi) is 6.26. The molecule has 1 atom stereocenters. The fraction of sp³-hybridized carbons (Fsp3) is 0.105. The highest BCUT2D eigenvalue weighted by Gasteiger charge is 2.19. The van der Waals surface area contributed by atoms with Crippen LogP contribution in [0.3, 0.4) is 0 Å². The zero-order valence-corrected chi connectivity index (χ0v) is 16.8. The van der Waals surface area contributed by atoms with Crippen LogP contribution in [0, 0.1) is 0 Å². The lowest BCUT2D eigenvalue weighted by Crippen LogP contribution is -2.10. The standard InChI is InChI=1S/C19H16ClN3O2S2/c1-26-19-21-15(12-17(20)22-19)13-27(25,16-10-6-3-7-11-16)23-18(24)14-8-4-2-5-9-14/h2-12H,13H2,1H3. The summed E-state index contributed by atoms with van der Waals surface area (Å²) < 4.78 is 17.9. The van der Waals surface area contributed by atoms with Crippen LogP contribution < -0.4 is 0 Å². The first-order chi connectivity index (χ1) is 13.0. The van der Waals surface area contributed by atoms with Crippen LogP contribution in [0.5, 0.6) is 0 Å². The molecule has 0 aliphatic carbocycles. The van der Waals surface area contributed by atoms with Gasteiger partial charge in [0.25, 0.3) is 5.91 Å². The first-order valence-corrected chi connectivity index (χ1v) is 11.3. The van der Waals surface area contributed by atoms with Crippen molar-refractivity contribution in [3.8, 4) is 0 Å². The first-order valence-electron chi connectivity index (χ1n) is 7.97. The van der Waals surface area contributed by atoms with Crippen molar-refractivity contribution >= 4 is 39.0 Å². The van der Waals surface area contributed by atoms with Gasteiger partial charge in [-0.3, -0.25) is 4.79 Å². The Hall–Kier alpha value is -2.22. The topological polar surface area (TPSA) is 72.3 Å². The lowest BCUT2D eigenvalue weighted by molar-refractivity contribution is 0.100. The third-order valence-electron chi connectivity index (χ3n) is 3.62. The molecule has 5 nitrogen and oxygen atoms in total. The van der Waals surface area contributed by atoms with E-state index in [4.69, 9.17) is 11.6 Å². The number of amides is 1. The summed E-state index contributed by atoms with van der Waals surface area (Å²) in [7, 11) is -3.09. The van der Waals surface area contributed by atoms with Gasteiger partial charge in [-0.1, -0.05) is 59.8 Å². The minimum absolute atomic E-state index is 0.0363. The molecule has 27 heavy (non-hydrogen) atoms. The van der Waals surface area contributed by atoms with E-state index in [-0.39, 0.29) is 10.9 Å². The molecule has 1 unspecified atom stereocenters. The summed E-state index contributed by atoms with van der Waals surface area (Å²) in [6.45, 7) is 0. The van der Waals surface area contributed by atoms with Crippen molar-refractivity contribution < 1.29 is 9.00 Å². The van der Waals surface area contributed by atoms with E-state index in [1.54, 1.807) is 60.7 Å². The van der Waals surface area contributed by atoms with E-state index in [9.17, 15) is 9.00 Å². The predicted molar refractivity (Wildman–Crippen MR) is 109 cm³/mol. The minimum atomic E-state index is -3.09. The molecule has 0 N–H and O–H groups in total. The first kappa shape index (κ1) is 19.5. The number of nitrogens with zero attached hydrogens (tertiary/aromatic N) is 3. The van der Waals surface area contributed by atoms with E-state index in [0.717, 1.165) is 0 Å². The second kappa shape index (κ2) is 8.65. The Morgan fingerprint density at radius 3 is 2.33 bits per heavy atom. The molecule has 1 amide bonds. The van der Waals surface area contributed by atoms with Crippen molar-refractivity contribution in [2.45, 2.75) is 15.8 Å². The van der Waals surface area contributed by atoms with Crippen LogP contribution in [0.4, 0.5) is 0 Å². The summed E-state index contributed by atoms with van der Waals surface area (Å²) in [6, 6.07) is 18.8. The number of benzene rings is 2. The molecule has 3 aromatic rings. The number of rotatable bonds is 5. The number of thioether (sulfide) groups is 1. The smallest absolute Gasteiger partial charge is 0.266 e.